The highest BCUT2D eigenvalue weighted by Gasteiger charge is 2.12. The maximum atomic E-state index is 10.9. The van der Waals surface area contributed by atoms with Crippen LogP contribution in [-0.4, -0.2) is 26.3 Å². The second-order valence-corrected chi connectivity index (χ2v) is 5.24. The highest BCUT2D eigenvalue weighted by atomic mass is 32.1. The predicted molar refractivity (Wildman–Crippen MR) is 75.3 cm³/mol. The number of thiazole rings is 1. The lowest BCUT2D eigenvalue weighted by atomic mass is 10.2. The van der Waals surface area contributed by atoms with Gasteiger partial charge < -0.3 is 15.3 Å². The Labute approximate surface area is 117 Å². The molecule has 0 aliphatic heterocycles. The predicted octanol–water partition coefficient (Wildman–Crippen LogP) is 3.07. The van der Waals surface area contributed by atoms with Gasteiger partial charge in [0.1, 0.15) is 16.5 Å². The van der Waals surface area contributed by atoms with Crippen molar-refractivity contribution in [2.24, 2.45) is 0 Å². The van der Waals surface area contributed by atoms with Crippen LogP contribution in [0.1, 0.15) is 10.4 Å². The van der Waals surface area contributed by atoms with Gasteiger partial charge in [0.25, 0.3) is 0 Å². The molecule has 2 aromatic carbocycles. The third-order valence-corrected chi connectivity index (χ3v) is 3.92. The molecule has 0 aliphatic rings. The first-order chi connectivity index (χ1) is 9.54. The van der Waals surface area contributed by atoms with E-state index in [0.29, 0.717) is 16.1 Å². The molecular formula is C14H9NO4S. The maximum Gasteiger partial charge on any atom is 0.335 e. The maximum absolute atomic E-state index is 10.9. The van der Waals surface area contributed by atoms with Crippen molar-refractivity contribution < 1.29 is 20.1 Å². The Morgan fingerprint density at radius 3 is 2.60 bits per heavy atom. The number of hydrogen-bond donors (Lipinski definition) is 3. The molecule has 0 fully saturated rings. The van der Waals surface area contributed by atoms with Crippen LogP contribution in [0.4, 0.5) is 0 Å². The van der Waals surface area contributed by atoms with Crippen molar-refractivity contribution in [3.63, 3.8) is 0 Å². The van der Waals surface area contributed by atoms with E-state index in [9.17, 15) is 15.0 Å². The molecule has 6 heteroatoms. The number of hydrogen-bond acceptors (Lipinski definition) is 5. The SMILES string of the molecule is O=C(O)c1ccc2sc(-c3ccc(O)cc3O)nc2c1. The lowest BCUT2D eigenvalue weighted by molar-refractivity contribution is 0.0697. The highest BCUT2D eigenvalue weighted by molar-refractivity contribution is 7.21. The second kappa shape index (κ2) is 4.50. The molecule has 3 N–H and O–H groups in total. The van der Waals surface area contributed by atoms with E-state index in [1.54, 1.807) is 12.1 Å². The van der Waals surface area contributed by atoms with E-state index in [1.807, 2.05) is 0 Å². The van der Waals surface area contributed by atoms with Crippen molar-refractivity contribution >= 4 is 27.5 Å². The van der Waals surface area contributed by atoms with E-state index >= 15 is 0 Å². The van der Waals surface area contributed by atoms with Gasteiger partial charge in [-0.05, 0) is 30.3 Å². The summed E-state index contributed by atoms with van der Waals surface area (Å²) in [6.07, 6.45) is 0. The van der Waals surface area contributed by atoms with Crippen molar-refractivity contribution in [1.29, 1.82) is 0 Å². The number of carboxylic acid groups (broad SMARTS) is 1. The summed E-state index contributed by atoms with van der Waals surface area (Å²) in [7, 11) is 0. The summed E-state index contributed by atoms with van der Waals surface area (Å²) in [5, 5.41) is 28.6. The standard InChI is InChI=1S/C14H9NO4S/c16-8-2-3-9(11(17)6-8)13-15-10-5-7(14(18)19)1-4-12(10)20-13/h1-6,16-17H,(H,18,19). The lowest BCUT2D eigenvalue weighted by Gasteiger charge is -2.00. The molecule has 0 aliphatic carbocycles. The molecule has 100 valence electrons. The summed E-state index contributed by atoms with van der Waals surface area (Å²) in [6, 6.07) is 8.98. The second-order valence-electron chi connectivity index (χ2n) is 4.21. The molecule has 0 atom stereocenters. The summed E-state index contributed by atoms with van der Waals surface area (Å²) in [5.74, 6) is -1.10. The third-order valence-electron chi connectivity index (χ3n) is 2.85. The largest absolute Gasteiger partial charge is 0.508 e. The molecule has 3 rings (SSSR count). The van der Waals surface area contributed by atoms with Crippen LogP contribution in [0.3, 0.4) is 0 Å². The van der Waals surface area contributed by atoms with Crippen molar-refractivity contribution in [2.45, 2.75) is 0 Å². The zero-order chi connectivity index (χ0) is 14.3. The zero-order valence-electron chi connectivity index (χ0n) is 10.1. The summed E-state index contributed by atoms with van der Waals surface area (Å²) < 4.78 is 0.831. The van der Waals surface area contributed by atoms with Crippen LogP contribution in [0.15, 0.2) is 36.4 Å². The van der Waals surface area contributed by atoms with Crippen LogP contribution in [0.5, 0.6) is 11.5 Å². The molecule has 1 heterocycles. The van der Waals surface area contributed by atoms with Crippen LogP contribution < -0.4 is 0 Å². The normalized spacial score (nSPS) is 10.8. The summed E-state index contributed by atoms with van der Waals surface area (Å²) in [4.78, 5) is 15.3. The number of fused-ring (bicyclic) bond motifs is 1. The van der Waals surface area contributed by atoms with E-state index in [1.165, 1.54) is 35.6 Å². The zero-order valence-corrected chi connectivity index (χ0v) is 10.9. The molecule has 0 radical (unpaired) electrons. The average Bonchev–Trinajstić information content (AvgIpc) is 2.80. The fraction of sp³-hybridized carbons (Fsp3) is 0. The fourth-order valence-electron chi connectivity index (χ4n) is 1.88. The molecule has 20 heavy (non-hydrogen) atoms. The first kappa shape index (κ1) is 12.4. The minimum absolute atomic E-state index is 0.0273. The number of aromatic nitrogens is 1. The minimum Gasteiger partial charge on any atom is -0.508 e. The van der Waals surface area contributed by atoms with Crippen molar-refractivity contribution in [3.8, 4) is 22.1 Å². The van der Waals surface area contributed by atoms with E-state index in [4.69, 9.17) is 5.11 Å². The van der Waals surface area contributed by atoms with Gasteiger partial charge in [-0.1, -0.05) is 0 Å². The molecule has 0 saturated heterocycles. The van der Waals surface area contributed by atoms with Gasteiger partial charge in [-0.25, -0.2) is 9.78 Å². The van der Waals surface area contributed by atoms with Crippen molar-refractivity contribution in [3.05, 3.63) is 42.0 Å². The smallest absolute Gasteiger partial charge is 0.335 e. The fourth-order valence-corrected chi connectivity index (χ4v) is 2.86. The van der Waals surface area contributed by atoms with Gasteiger partial charge in [0.15, 0.2) is 0 Å². The van der Waals surface area contributed by atoms with E-state index in [2.05, 4.69) is 4.98 Å². The first-order valence-electron chi connectivity index (χ1n) is 5.71. The van der Waals surface area contributed by atoms with Crippen molar-refractivity contribution in [2.75, 3.05) is 0 Å². The molecule has 0 unspecified atom stereocenters. The first-order valence-corrected chi connectivity index (χ1v) is 6.52. The Bertz CT molecular complexity index is 825. The summed E-state index contributed by atoms with van der Waals surface area (Å²) >= 11 is 1.35. The monoisotopic (exact) mass is 287 g/mol. The Morgan fingerprint density at radius 2 is 1.90 bits per heavy atom. The van der Waals surface area contributed by atoms with Gasteiger partial charge in [-0.3, -0.25) is 0 Å². The van der Waals surface area contributed by atoms with E-state index < -0.39 is 5.97 Å². The molecule has 3 aromatic rings. The molecule has 0 bridgehead atoms. The lowest BCUT2D eigenvalue weighted by Crippen LogP contribution is -1.94. The quantitative estimate of drug-likeness (QED) is 0.674. The number of rotatable bonds is 2. The summed E-state index contributed by atoms with van der Waals surface area (Å²) in [6.45, 7) is 0. The number of phenols is 2. The van der Waals surface area contributed by atoms with Gasteiger partial charge >= 0.3 is 5.97 Å². The number of aromatic carboxylic acids is 1. The number of carboxylic acids is 1. The Hall–Kier alpha value is -2.60. The number of benzene rings is 2. The van der Waals surface area contributed by atoms with E-state index in [0.717, 1.165) is 4.70 Å². The van der Waals surface area contributed by atoms with Crippen LogP contribution in [0, 0.1) is 0 Å². The molecule has 0 saturated carbocycles. The molecule has 0 spiro atoms. The van der Waals surface area contributed by atoms with Gasteiger partial charge in [-0.15, -0.1) is 11.3 Å². The molecule has 5 nitrogen and oxygen atoms in total. The number of aromatic hydroxyl groups is 2. The van der Waals surface area contributed by atoms with Crippen LogP contribution in [0.25, 0.3) is 20.8 Å². The van der Waals surface area contributed by atoms with Crippen molar-refractivity contribution in [1.82, 2.24) is 4.98 Å². The Morgan fingerprint density at radius 1 is 1.10 bits per heavy atom. The topological polar surface area (TPSA) is 90.7 Å². The molecule has 0 amide bonds. The Kier molecular flexibility index (Phi) is 2.80. The Balaban J connectivity index is 2.15. The van der Waals surface area contributed by atoms with Crippen LogP contribution in [0.2, 0.25) is 0 Å². The molecular weight excluding hydrogens is 278 g/mol. The van der Waals surface area contributed by atoms with Gasteiger partial charge in [0.05, 0.1) is 21.3 Å². The van der Waals surface area contributed by atoms with Gasteiger partial charge in [-0.2, -0.15) is 0 Å². The third kappa shape index (κ3) is 2.06. The van der Waals surface area contributed by atoms with Gasteiger partial charge in [0, 0.05) is 6.07 Å². The average molecular weight is 287 g/mol. The summed E-state index contributed by atoms with van der Waals surface area (Å²) in [5.41, 5.74) is 1.24. The number of nitrogens with zero attached hydrogens (tertiary/aromatic N) is 1. The van der Waals surface area contributed by atoms with Gasteiger partial charge in [0.2, 0.25) is 0 Å². The van der Waals surface area contributed by atoms with E-state index in [-0.39, 0.29) is 17.1 Å². The highest BCUT2D eigenvalue weighted by Crippen LogP contribution is 2.36. The number of carbonyl (C=O) groups is 1. The minimum atomic E-state index is -1.01. The van der Waals surface area contributed by atoms with Crippen LogP contribution in [-0.2, 0) is 0 Å². The number of phenolic OH excluding ortho intramolecular Hbond substituents is 2. The van der Waals surface area contributed by atoms with Crippen LogP contribution >= 0.6 is 11.3 Å². The molecule has 1 aromatic heterocycles.